The molecule has 284 valence electrons. The van der Waals surface area contributed by atoms with Crippen molar-refractivity contribution in [3.05, 3.63) is 99.6 Å². The summed E-state index contributed by atoms with van der Waals surface area (Å²) in [6.07, 6.45) is 14.3. The topological polar surface area (TPSA) is 137 Å². The highest BCUT2D eigenvalue weighted by Crippen LogP contribution is 2.39. The van der Waals surface area contributed by atoms with Gasteiger partial charge in [-0.05, 0) is 112 Å². The molecule has 0 radical (unpaired) electrons. The maximum atomic E-state index is 11.9. The highest BCUT2D eigenvalue weighted by molar-refractivity contribution is 6.22. The highest BCUT2D eigenvalue weighted by atomic mass is 35.5. The lowest BCUT2D eigenvalue weighted by atomic mass is 9.81. The number of allylic oxidation sites excluding steroid dienone is 3. The van der Waals surface area contributed by atoms with Crippen LogP contribution in [0.15, 0.2) is 77.4 Å². The Morgan fingerprint density at radius 3 is 2.68 bits per heavy atom. The summed E-state index contributed by atoms with van der Waals surface area (Å²) in [6.45, 7) is 12.1. The Morgan fingerprint density at radius 2 is 1.94 bits per heavy atom. The normalized spacial score (nSPS) is 21.9. The average molecular weight is 745 g/mol. The fourth-order valence-electron chi connectivity index (χ4n) is 7.02. The molecule has 53 heavy (non-hydrogen) atoms. The number of alkyl halides is 1. The number of likely N-dealkylation sites (tertiary alicyclic amines) is 1. The Balaban J connectivity index is 1.29. The number of ether oxygens (including phenoxy) is 3. The van der Waals surface area contributed by atoms with Crippen molar-refractivity contribution in [3.63, 3.8) is 0 Å². The minimum atomic E-state index is -1.56. The Bertz CT molecular complexity index is 1770. The zero-order valence-electron chi connectivity index (χ0n) is 31.4. The number of hydrogen-bond donors (Lipinski definition) is 3. The van der Waals surface area contributed by atoms with Gasteiger partial charge >= 0.3 is 5.97 Å². The van der Waals surface area contributed by atoms with E-state index >= 15 is 0 Å². The molecule has 5 rings (SSSR count). The van der Waals surface area contributed by atoms with E-state index in [0.29, 0.717) is 35.7 Å². The number of aromatic nitrogens is 1. The summed E-state index contributed by atoms with van der Waals surface area (Å²) in [4.78, 5) is 18.5. The first-order chi connectivity index (χ1) is 25.5. The molecular weight excluding hydrogens is 692 g/mol. The Hall–Kier alpha value is -3.98. The summed E-state index contributed by atoms with van der Waals surface area (Å²) in [5.74, 6) is 0.486. The number of aliphatic carboxylic acids is 1. The van der Waals surface area contributed by atoms with Gasteiger partial charge in [-0.1, -0.05) is 37.6 Å². The van der Waals surface area contributed by atoms with Crippen LogP contribution in [0.5, 0.6) is 5.75 Å². The number of hydrogen-bond acceptors (Lipinski definition) is 9. The van der Waals surface area contributed by atoms with Crippen LogP contribution in [0.2, 0.25) is 0 Å². The maximum Gasteiger partial charge on any atom is 0.326 e. The van der Waals surface area contributed by atoms with Crippen LogP contribution in [-0.2, 0) is 20.9 Å². The molecule has 1 aromatic carbocycles. The lowest BCUT2D eigenvalue weighted by molar-refractivity contribution is -0.145. The van der Waals surface area contributed by atoms with Crippen molar-refractivity contribution in [3.8, 4) is 11.8 Å². The molecular formula is C42H53ClN4O6. The Morgan fingerprint density at radius 1 is 1.15 bits per heavy atom. The summed E-state index contributed by atoms with van der Waals surface area (Å²) >= 11 is 6.91. The Labute approximate surface area is 318 Å². The Kier molecular flexibility index (Phi) is 14.3. The number of carboxylic acids is 1. The van der Waals surface area contributed by atoms with Crippen molar-refractivity contribution >= 4 is 23.1 Å². The van der Waals surface area contributed by atoms with Gasteiger partial charge in [0.25, 0.3) is 0 Å². The quantitative estimate of drug-likeness (QED) is 0.118. The smallest absolute Gasteiger partial charge is 0.326 e. The van der Waals surface area contributed by atoms with Crippen LogP contribution in [-0.4, -0.2) is 89.1 Å². The van der Waals surface area contributed by atoms with Gasteiger partial charge in [0.1, 0.15) is 29.7 Å². The molecule has 4 atom stereocenters. The number of benzene rings is 1. The minimum Gasteiger partial charge on any atom is -0.493 e. The number of aliphatic hydroxyl groups is 1. The summed E-state index contributed by atoms with van der Waals surface area (Å²) < 4.78 is 19.1. The van der Waals surface area contributed by atoms with Gasteiger partial charge in [0.05, 0.1) is 36.9 Å². The standard InChI is InChI=1S/C42H53ClN4O6/c1-28-12-13-35(34-10-8-11-38(30(34)3)51-17-9-16-47-14-6-5-7-15-47)29(2)36(28)26-53-40-20-39(52-25-32-18-31(21-44)22-45-23-32)33(19-37(40)43)24-46-42(4,27-48)41(49)50/h8,10-11,13,18-20,22-23,28,37,40,46,48H,5-7,9,12,14-17,24-27H2,1-4H3,(H,49,50)/t28?,37?,40?,42-/m0/s1. The van der Waals surface area contributed by atoms with E-state index in [0.717, 1.165) is 36.3 Å². The second-order valence-electron chi connectivity index (χ2n) is 14.5. The van der Waals surface area contributed by atoms with Gasteiger partial charge in [0.15, 0.2) is 0 Å². The van der Waals surface area contributed by atoms with E-state index in [9.17, 15) is 20.3 Å². The summed E-state index contributed by atoms with van der Waals surface area (Å²) in [6, 6.07) is 10.1. The van der Waals surface area contributed by atoms with E-state index in [1.165, 1.54) is 62.2 Å². The maximum absolute atomic E-state index is 11.9. The second-order valence-corrected chi connectivity index (χ2v) is 15.0. The van der Waals surface area contributed by atoms with Crippen LogP contribution < -0.4 is 10.1 Å². The van der Waals surface area contributed by atoms with Gasteiger partial charge in [-0.3, -0.25) is 15.1 Å². The van der Waals surface area contributed by atoms with E-state index in [-0.39, 0.29) is 19.1 Å². The average Bonchev–Trinajstić information content (AvgIpc) is 3.16. The van der Waals surface area contributed by atoms with Crippen molar-refractivity contribution in [1.82, 2.24) is 15.2 Å². The molecule has 2 aromatic rings. The molecule has 0 spiro atoms. The molecule has 2 heterocycles. The number of halogens is 1. The highest BCUT2D eigenvalue weighted by Gasteiger charge is 2.34. The predicted octanol–water partition coefficient (Wildman–Crippen LogP) is 6.71. The van der Waals surface area contributed by atoms with Crippen LogP contribution in [0, 0.1) is 24.2 Å². The van der Waals surface area contributed by atoms with Gasteiger partial charge in [-0.25, -0.2) is 0 Å². The molecule has 1 aromatic heterocycles. The summed E-state index contributed by atoms with van der Waals surface area (Å²) in [5.41, 5.74) is 6.05. The van der Waals surface area contributed by atoms with Crippen molar-refractivity contribution in [1.29, 1.82) is 5.26 Å². The zero-order chi connectivity index (χ0) is 38.0. The molecule has 0 bridgehead atoms. The lowest BCUT2D eigenvalue weighted by Gasteiger charge is -2.31. The van der Waals surface area contributed by atoms with Gasteiger partial charge in [0.2, 0.25) is 0 Å². The fourth-order valence-corrected chi connectivity index (χ4v) is 7.32. The van der Waals surface area contributed by atoms with E-state index < -0.39 is 29.6 Å². The lowest BCUT2D eigenvalue weighted by Crippen LogP contribution is -2.53. The second kappa shape index (κ2) is 18.9. The fraction of sp³-hybridized carbons (Fsp3) is 0.500. The van der Waals surface area contributed by atoms with Crippen molar-refractivity contribution in [2.24, 2.45) is 5.92 Å². The third kappa shape index (κ3) is 10.4. The van der Waals surface area contributed by atoms with E-state index in [1.54, 1.807) is 18.3 Å². The molecule has 1 saturated heterocycles. The summed E-state index contributed by atoms with van der Waals surface area (Å²) in [5, 5.41) is 31.1. The third-order valence-electron chi connectivity index (χ3n) is 10.6. The van der Waals surface area contributed by atoms with Crippen molar-refractivity contribution in [2.75, 3.05) is 46.0 Å². The minimum absolute atomic E-state index is 0.0810. The molecule has 1 fully saturated rings. The van der Waals surface area contributed by atoms with Gasteiger partial charge in [-0.15, -0.1) is 11.6 Å². The number of nitrogens with one attached hydrogen (secondary N) is 1. The van der Waals surface area contributed by atoms with Gasteiger partial charge in [-0.2, -0.15) is 5.26 Å². The van der Waals surface area contributed by atoms with Gasteiger partial charge in [0, 0.05) is 36.6 Å². The number of rotatable bonds is 17. The number of aliphatic hydroxyl groups excluding tert-OH is 1. The van der Waals surface area contributed by atoms with Crippen LogP contribution in [0.1, 0.15) is 75.1 Å². The molecule has 2 aliphatic carbocycles. The number of nitrogens with zero attached hydrogens (tertiary/aromatic N) is 3. The van der Waals surface area contributed by atoms with E-state index in [1.807, 2.05) is 6.08 Å². The van der Waals surface area contributed by atoms with Gasteiger partial charge < -0.3 is 29.3 Å². The van der Waals surface area contributed by atoms with E-state index in [2.05, 4.69) is 66.3 Å². The van der Waals surface area contributed by atoms with Crippen molar-refractivity contribution < 1.29 is 29.2 Å². The monoisotopic (exact) mass is 744 g/mol. The molecule has 10 nitrogen and oxygen atoms in total. The first kappa shape index (κ1) is 40.2. The van der Waals surface area contributed by atoms with Crippen LogP contribution in [0.25, 0.3) is 5.57 Å². The SMILES string of the molecule is CC1=C(COC2C=C(OCc3cncc(C#N)c3)C(CN[C@@](C)(CO)C(=O)O)=CC2Cl)C(C)CC=C1c1cccc(OCCCN2CCCCC2)c1C. The van der Waals surface area contributed by atoms with Crippen molar-refractivity contribution in [2.45, 2.75) is 83.4 Å². The third-order valence-corrected chi connectivity index (χ3v) is 10.9. The zero-order valence-corrected chi connectivity index (χ0v) is 32.1. The summed E-state index contributed by atoms with van der Waals surface area (Å²) in [7, 11) is 0. The molecule has 3 N–H and O–H groups in total. The number of pyridine rings is 1. The van der Waals surface area contributed by atoms with Crippen LogP contribution in [0.4, 0.5) is 0 Å². The largest absolute Gasteiger partial charge is 0.493 e. The number of carbonyl (C=O) groups is 1. The first-order valence-electron chi connectivity index (χ1n) is 18.6. The molecule has 3 aliphatic rings. The molecule has 0 saturated carbocycles. The molecule has 0 amide bonds. The molecule has 11 heteroatoms. The number of piperidine rings is 1. The molecule has 1 aliphatic heterocycles. The molecule has 3 unspecified atom stereocenters. The van der Waals surface area contributed by atoms with Crippen LogP contribution >= 0.6 is 11.6 Å². The number of nitriles is 1. The number of carboxylic acid groups (broad SMARTS) is 1. The van der Waals surface area contributed by atoms with Crippen LogP contribution in [0.3, 0.4) is 0 Å². The van der Waals surface area contributed by atoms with E-state index in [4.69, 9.17) is 25.8 Å². The first-order valence-corrected chi connectivity index (χ1v) is 19.1. The predicted molar refractivity (Wildman–Crippen MR) is 206 cm³/mol.